The van der Waals surface area contributed by atoms with E-state index in [1.165, 1.54) is 0 Å². The van der Waals surface area contributed by atoms with E-state index in [1.807, 2.05) is 11.9 Å². The minimum absolute atomic E-state index is 0.232. The van der Waals surface area contributed by atoms with E-state index in [2.05, 4.69) is 0 Å². The first-order valence-corrected chi connectivity index (χ1v) is 3.55. The summed E-state index contributed by atoms with van der Waals surface area (Å²) in [5, 5.41) is 0. The summed E-state index contributed by atoms with van der Waals surface area (Å²) < 4.78 is 12.7. The Hall–Kier alpha value is -0.440. The number of ketones is 1. The van der Waals surface area contributed by atoms with Crippen molar-refractivity contribution in [1.82, 2.24) is 4.90 Å². The molecule has 0 bridgehead atoms. The smallest absolute Gasteiger partial charge is 0.171 e. The Labute approximate surface area is 60.0 Å². The van der Waals surface area contributed by atoms with Gasteiger partial charge in [-0.05, 0) is 20.0 Å². The van der Waals surface area contributed by atoms with Gasteiger partial charge >= 0.3 is 0 Å². The SMILES string of the molecule is CN1CCCC(=O)C(F)C1. The van der Waals surface area contributed by atoms with Crippen LogP contribution in [0.15, 0.2) is 0 Å². The Bertz CT molecular complexity index is 138. The van der Waals surface area contributed by atoms with Gasteiger partial charge in [0.2, 0.25) is 0 Å². The Morgan fingerprint density at radius 1 is 1.70 bits per heavy atom. The maximum atomic E-state index is 12.7. The third-order valence-corrected chi connectivity index (χ3v) is 1.78. The average Bonchev–Trinajstić information content (AvgIpc) is 1.96. The molecule has 0 spiro atoms. The lowest BCUT2D eigenvalue weighted by Crippen LogP contribution is -2.28. The van der Waals surface area contributed by atoms with E-state index in [9.17, 15) is 9.18 Å². The van der Waals surface area contributed by atoms with E-state index in [-0.39, 0.29) is 12.3 Å². The van der Waals surface area contributed by atoms with Gasteiger partial charge in [-0.15, -0.1) is 0 Å². The highest BCUT2D eigenvalue weighted by Crippen LogP contribution is 2.07. The van der Waals surface area contributed by atoms with Gasteiger partial charge in [0.05, 0.1) is 0 Å². The van der Waals surface area contributed by atoms with Crippen LogP contribution in [-0.2, 0) is 4.79 Å². The number of carbonyl (C=O) groups is 1. The van der Waals surface area contributed by atoms with Crippen molar-refractivity contribution in [3.8, 4) is 0 Å². The van der Waals surface area contributed by atoms with Crippen LogP contribution < -0.4 is 0 Å². The Morgan fingerprint density at radius 2 is 2.40 bits per heavy atom. The highest BCUT2D eigenvalue weighted by atomic mass is 19.1. The fraction of sp³-hybridized carbons (Fsp3) is 0.857. The molecule has 0 aromatic heterocycles. The Kier molecular flexibility index (Phi) is 2.38. The second-order valence-corrected chi connectivity index (χ2v) is 2.80. The van der Waals surface area contributed by atoms with Crippen molar-refractivity contribution >= 4 is 5.78 Å². The van der Waals surface area contributed by atoms with Crippen molar-refractivity contribution in [2.45, 2.75) is 19.0 Å². The van der Waals surface area contributed by atoms with Crippen molar-refractivity contribution in [2.75, 3.05) is 20.1 Å². The summed E-state index contributed by atoms with van der Waals surface area (Å²) in [7, 11) is 1.84. The van der Waals surface area contributed by atoms with Crippen LogP contribution in [0.5, 0.6) is 0 Å². The Morgan fingerprint density at radius 3 is 3.10 bits per heavy atom. The molecule has 1 heterocycles. The van der Waals surface area contributed by atoms with E-state index in [1.54, 1.807) is 0 Å². The van der Waals surface area contributed by atoms with E-state index in [0.29, 0.717) is 6.42 Å². The molecule has 0 amide bonds. The van der Waals surface area contributed by atoms with Crippen molar-refractivity contribution in [1.29, 1.82) is 0 Å². The number of hydrogen-bond donors (Lipinski definition) is 0. The maximum absolute atomic E-state index is 12.7. The highest BCUT2D eigenvalue weighted by molar-refractivity contribution is 5.83. The van der Waals surface area contributed by atoms with Crippen molar-refractivity contribution in [2.24, 2.45) is 0 Å². The van der Waals surface area contributed by atoms with Crippen LogP contribution in [0.4, 0.5) is 4.39 Å². The monoisotopic (exact) mass is 145 g/mol. The fourth-order valence-electron chi connectivity index (χ4n) is 1.15. The molecular formula is C7H12FNO. The summed E-state index contributed by atoms with van der Waals surface area (Å²) in [6.45, 7) is 1.12. The molecule has 0 radical (unpaired) electrons. The minimum Gasteiger partial charge on any atom is -0.303 e. The second kappa shape index (κ2) is 3.10. The van der Waals surface area contributed by atoms with E-state index >= 15 is 0 Å². The van der Waals surface area contributed by atoms with Gasteiger partial charge < -0.3 is 4.90 Å². The fourth-order valence-corrected chi connectivity index (χ4v) is 1.15. The van der Waals surface area contributed by atoms with Crippen LogP contribution in [0, 0.1) is 0 Å². The first-order chi connectivity index (χ1) is 4.70. The number of hydrogen-bond acceptors (Lipinski definition) is 2. The number of nitrogens with zero attached hydrogens (tertiary/aromatic N) is 1. The second-order valence-electron chi connectivity index (χ2n) is 2.80. The molecule has 0 aliphatic carbocycles. The molecule has 0 aromatic rings. The predicted molar refractivity (Wildman–Crippen MR) is 36.6 cm³/mol. The first kappa shape index (κ1) is 7.66. The molecule has 1 aliphatic heterocycles. The number of halogens is 1. The van der Waals surface area contributed by atoms with Gasteiger partial charge in [-0.1, -0.05) is 0 Å². The number of Topliss-reactive ketones (excluding diaryl/α,β-unsaturated/α-hetero) is 1. The summed E-state index contributed by atoms with van der Waals surface area (Å²) in [4.78, 5) is 12.6. The van der Waals surface area contributed by atoms with Gasteiger partial charge in [-0.3, -0.25) is 4.79 Å². The largest absolute Gasteiger partial charge is 0.303 e. The van der Waals surface area contributed by atoms with Gasteiger partial charge in [0, 0.05) is 13.0 Å². The summed E-state index contributed by atoms with van der Waals surface area (Å²) in [6, 6.07) is 0. The molecular weight excluding hydrogens is 133 g/mol. The van der Waals surface area contributed by atoms with Gasteiger partial charge in [0.1, 0.15) is 0 Å². The number of likely N-dealkylation sites (tertiary alicyclic amines) is 1. The maximum Gasteiger partial charge on any atom is 0.171 e. The lowest BCUT2D eigenvalue weighted by molar-refractivity contribution is -0.123. The summed E-state index contributed by atoms with van der Waals surface area (Å²) in [5.74, 6) is -0.232. The zero-order chi connectivity index (χ0) is 7.56. The van der Waals surface area contributed by atoms with E-state index < -0.39 is 6.17 Å². The molecule has 58 valence electrons. The summed E-state index contributed by atoms with van der Waals surface area (Å²) in [6.07, 6.45) is -0.0335. The molecule has 1 saturated heterocycles. The minimum atomic E-state index is -1.24. The number of carbonyl (C=O) groups excluding carboxylic acids is 1. The molecule has 2 nitrogen and oxygen atoms in total. The van der Waals surface area contributed by atoms with Gasteiger partial charge in [-0.2, -0.15) is 0 Å². The standard InChI is InChI=1S/C7H12FNO/c1-9-4-2-3-7(10)6(8)5-9/h6H,2-5H2,1H3. The number of alkyl halides is 1. The third kappa shape index (κ3) is 1.77. The normalized spacial score (nSPS) is 30.2. The van der Waals surface area contributed by atoms with E-state index in [4.69, 9.17) is 0 Å². The van der Waals surface area contributed by atoms with Crippen molar-refractivity contribution in [3.63, 3.8) is 0 Å². The summed E-state index contributed by atoms with van der Waals surface area (Å²) in [5.41, 5.74) is 0. The zero-order valence-electron chi connectivity index (χ0n) is 6.14. The first-order valence-electron chi connectivity index (χ1n) is 3.55. The molecule has 0 aromatic carbocycles. The van der Waals surface area contributed by atoms with Gasteiger partial charge in [-0.25, -0.2) is 4.39 Å². The van der Waals surface area contributed by atoms with Gasteiger partial charge in [0.15, 0.2) is 12.0 Å². The molecule has 1 aliphatic rings. The molecule has 1 fully saturated rings. The van der Waals surface area contributed by atoms with Gasteiger partial charge in [0.25, 0.3) is 0 Å². The quantitative estimate of drug-likeness (QED) is 0.498. The van der Waals surface area contributed by atoms with Crippen molar-refractivity contribution < 1.29 is 9.18 Å². The van der Waals surface area contributed by atoms with E-state index in [0.717, 1.165) is 13.0 Å². The molecule has 1 atom stereocenters. The molecule has 1 rings (SSSR count). The van der Waals surface area contributed by atoms with Crippen LogP contribution >= 0.6 is 0 Å². The molecule has 0 N–H and O–H groups in total. The third-order valence-electron chi connectivity index (χ3n) is 1.78. The zero-order valence-corrected chi connectivity index (χ0v) is 6.14. The van der Waals surface area contributed by atoms with Crippen LogP contribution in [0.25, 0.3) is 0 Å². The predicted octanol–water partition coefficient (Wildman–Crippen LogP) is 0.619. The molecule has 10 heavy (non-hydrogen) atoms. The number of rotatable bonds is 0. The molecule has 0 saturated carbocycles. The average molecular weight is 145 g/mol. The van der Waals surface area contributed by atoms with Crippen LogP contribution in [0.3, 0.4) is 0 Å². The molecule has 3 heteroatoms. The topological polar surface area (TPSA) is 20.3 Å². The lowest BCUT2D eigenvalue weighted by atomic mass is 10.2. The molecule has 1 unspecified atom stereocenters. The van der Waals surface area contributed by atoms with Crippen LogP contribution in [0.1, 0.15) is 12.8 Å². The van der Waals surface area contributed by atoms with Crippen molar-refractivity contribution in [3.05, 3.63) is 0 Å². The van der Waals surface area contributed by atoms with Crippen LogP contribution in [0.2, 0.25) is 0 Å². The Balaban J connectivity index is 2.49. The highest BCUT2D eigenvalue weighted by Gasteiger charge is 2.21. The lowest BCUT2D eigenvalue weighted by Gasteiger charge is -2.12. The summed E-state index contributed by atoms with van der Waals surface area (Å²) >= 11 is 0. The van der Waals surface area contributed by atoms with Crippen LogP contribution in [-0.4, -0.2) is 37.0 Å².